The molecule has 5 rings (SSSR count). The van der Waals surface area contributed by atoms with Gasteiger partial charge in [-0.25, -0.2) is 4.98 Å². The molecule has 2 fully saturated rings. The van der Waals surface area contributed by atoms with E-state index in [-0.39, 0.29) is 40.3 Å². The third-order valence-corrected chi connectivity index (χ3v) is 7.80. The highest BCUT2D eigenvalue weighted by atomic mass is 35.5. The summed E-state index contributed by atoms with van der Waals surface area (Å²) >= 11 is 7.01. The SMILES string of the molecule is O=C(c1ccc(-c2ccc(Cl)c(C(F)(F)F)c2)c(O)c1)N1CC(N2CCN(C(=O)c3nccs3)CC2)C1. The first-order valence-corrected chi connectivity index (χ1v) is 12.8. The second kappa shape index (κ2) is 9.96. The quantitative estimate of drug-likeness (QED) is 0.519. The smallest absolute Gasteiger partial charge is 0.417 e. The minimum Gasteiger partial charge on any atom is -0.507 e. The number of carbonyl (C=O) groups excluding carboxylic acids is 2. The number of halogens is 4. The first-order chi connectivity index (χ1) is 17.6. The lowest BCUT2D eigenvalue weighted by Crippen LogP contribution is -2.64. The molecule has 1 N–H and O–H groups in total. The van der Waals surface area contributed by atoms with Gasteiger partial charge in [-0.1, -0.05) is 17.7 Å². The zero-order chi connectivity index (χ0) is 26.3. The molecule has 0 atom stereocenters. The minimum absolute atomic E-state index is 0.0588. The summed E-state index contributed by atoms with van der Waals surface area (Å²) in [5.74, 6) is -0.612. The van der Waals surface area contributed by atoms with Gasteiger partial charge in [-0.2, -0.15) is 13.2 Å². The number of phenolic OH excluding ortho intramolecular Hbond substituents is 1. The fourth-order valence-corrected chi connectivity index (χ4v) is 5.43. The molecule has 2 aliphatic rings. The number of amides is 2. The second-order valence-electron chi connectivity index (χ2n) is 8.95. The fourth-order valence-electron chi connectivity index (χ4n) is 4.61. The number of hydrogen-bond donors (Lipinski definition) is 1. The van der Waals surface area contributed by atoms with Crippen molar-refractivity contribution < 1.29 is 27.9 Å². The van der Waals surface area contributed by atoms with Gasteiger partial charge in [0.2, 0.25) is 0 Å². The number of carbonyl (C=O) groups is 2. The van der Waals surface area contributed by atoms with Crippen molar-refractivity contribution in [1.82, 2.24) is 19.7 Å². The van der Waals surface area contributed by atoms with Crippen LogP contribution in [-0.4, -0.2) is 81.9 Å². The lowest BCUT2D eigenvalue weighted by atomic mass is 9.99. The third-order valence-electron chi connectivity index (χ3n) is 6.71. The van der Waals surface area contributed by atoms with Crippen LogP contribution in [0.4, 0.5) is 13.2 Å². The highest BCUT2D eigenvalue weighted by molar-refractivity contribution is 7.11. The Labute approximate surface area is 219 Å². The molecule has 2 amide bonds. The molecule has 0 bridgehead atoms. The van der Waals surface area contributed by atoms with Crippen molar-refractivity contribution in [2.24, 2.45) is 0 Å². The maximum atomic E-state index is 13.2. The molecular weight excluding hydrogens is 529 g/mol. The van der Waals surface area contributed by atoms with Crippen molar-refractivity contribution in [3.8, 4) is 16.9 Å². The van der Waals surface area contributed by atoms with E-state index < -0.39 is 16.8 Å². The molecule has 194 valence electrons. The van der Waals surface area contributed by atoms with Crippen LogP contribution < -0.4 is 0 Å². The predicted octanol–water partition coefficient (Wildman–Crippen LogP) is 4.47. The van der Waals surface area contributed by atoms with Gasteiger partial charge in [0.15, 0.2) is 5.01 Å². The maximum Gasteiger partial charge on any atom is 0.417 e. The number of rotatable bonds is 4. The average molecular weight is 551 g/mol. The van der Waals surface area contributed by atoms with Crippen LogP contribution in [-0.2, 0) is 6.18 Å². The highest BCUT2D eigenvalue weighted by Gasteiger charge is 2.37. The summed E-state index contributed by atoms with van der Waals surface area (Å²) in [7, 11) is 0. The lowest BCUT2D eigenvalue weighted by Gasteiger charge is -2.48. The molecule has 7 nitrogen and oxygen atoms in total. The monoisotopic (exact) mass is 550 g/mol. The summed E-state index contributed by atoms with van der Waals surface area (Å²) in [6.45, 7) is 3.65. The number of nitrogens with zero attached hydrogens (tertiary/aromatic N) is 4. The van der Waals surface area contributed by atoms with Crippen molar-refractivity contribution in [3.05, 3.63) is 69.1 Å². The van der Waals surface area contributed by atoms with E-state index in [1.165, 1.54) is 35.6 Å². The van der Waals surface area contributed by atoms with Crippen LogP contribution in [0.15, 0.2) is 48.0 Å². The number of likely N-dealkylation sites (tertiary alicyclic amines) is 1. The van der Waals surface area contributed by atoms with Gasteiger partial charge in [-0.15, -0.1) is 11.3 Å². The summed E-state index contributed by atoms with van der Waals surface area (Å²) in [5, 5.41) is 12.3. The standard InChI is InChI=1S/C25H22ClF3N4O3S/c26-20-4-2-15(11-19(20)25(27,28)29)18-3-1-16(12-21(18)34)23(35)33-13-17(14-33)31-6-8-32(9-7-31)24(36)22-30-5-10-37-22/h1-5,10-12,17,34H,6-9,13-14H2. The van der Waals surface area contributed by atoms with Gasteiger partial charge >= 0.3 is 6.18 Å². The van der Waals surface area contributed by atoms with E-state index in [0.717, 1.165) is 12.1 Å². The van der Waals surface area contributed by atoms with Crippen LogP contribution in [0.2, 0.25) is 5.02 Å². The molecule has 37 heavy (non-hydrogen) atoms. The molecule has 3 heterocycles. The zero-order valence-electron chi connectivity index (χ0n) is 19.4. The van der Waals surface area contributed by atoms with E-state index in [0.29, 0.717) is 44.3 Å². The highest BCUT2D eigenvalue weighted by Crippen LogP contribution is 2.39. The summed E-state index contributed by atoms with van der Waals surface area (Å²) in [6.07, 6.45) is -3.02. The predicted molar refractivity (Wildman–Crippen MR) is 133 cm³/mol. The van der Waals surface area contributed by atoms with E-state index in [1.807, 2.05) is 0 Å². The molecule has 2 saturated heterocycles. The number of hydrogen-bond acceptors (Lipinski definition) is 6. The van der Waals surface area contributed by atoms with Crippen molar-refractivity contribution >= 4 is 34.8 Å². The Kier molecular flexibility index (Phi) is 6.86. The number of piperazine rings is 1. The average Bonchev–Trinajstić information content (AvgIpc) is 3.38. The Morgan fingerprint density at radius 3 is 2.35 bits per heavy atom. The molecule has 12 heteroatoms. The normalized spacial score (nSPS) is 17.1. The topological polar surface area (TPSA) is 77.0 Å². The number of aromatic nitrogens is 1. The van der Waals surface area contributed by atoms with E-state index in [4.69, 9.17) is 11.6 Å². The molecular formula is C25H22ClF3N4O3S. The van der Waals surface area contributed by atoms with E-state index in [1.54, 1.807) is 21.4 Å². The number of benzene rings is 2. The van der Waals surface area contributed by atoms with E-state index in [9.17, 15) is 27.9 Å². The fraction of sp³-hybridized carbons (Fsp3) is 0.320. The molecule has 1 aromatic heterocycles. The first-order valence-electron chi connectivity index (χ1n) is 11.5. The molecule has 2 aromatic carbocycles. The Balaban J connectivity index is 1.18. The molecule has 0 radical (unpaired) electrons. The van der Waals surface area contributed by atoms with E-state index in [2.05, 4.69) is 9.88 Å². The van der Waals surface area contributed by atoms with Gasteiger partial charge in [-0.05, 0) is 35.9 Å². The van der Waals surface area contributed by atoms with E-state index >= 15 is 0 Å². The summed E-state index contributed by atoms with van der Waals surface area (Å²) in [4.78, 5) is 35.2. The van der Waals surface area contributed by atoms with Crippen LogP contribution in [0, 0.1) is 0 Å². The van der Waals surface area contributed by atoms with Crippen LogP contribution >= 0.6 is 22.9 Å². The first kappa shape index (κ1) is 25.5. The van der Waals surface area contributed by atoms with Crippen LogP contribution in [0.1, 0.15) is 25.7 Å². The maximum absolute atomic E-state index is 13.2. The van der Waals surface area contributed by atoms with Gasteiger partial charge in [-0.3, -0.25) is 14.5 Å². The van der Waals surface area contributed by atoms with Crippen LogP contribution in [0.25, 0.3) is 11.1 Å². The van der Waals surface area contributed by atoms with Crippen molar-refractivity contribution in [2.45, 2.75) is 12.2 Å². The zero-order valence-corrected chi connectivity index (χ0v) is 21.0. The van der Waals surface area contributed by atoms with Crippen molar-refractivity contribution in [1.29, 1.82) is 0 Å². The van der Waals surface area contributed by atoms with Gasteiger partial charge in [0.25, 0.3) is 11.8 Å². The molecule has 0 saturated carbocycles. The largest absolute Gasteiger partial charge is 0.507 e. The van der Waals surface area contributed by atoms with Gasteiger partial charge in [0.05, 0.1) is 10.6 Å². The van der Waals surface area contributed by atoms with Crippen molar-refractivity contribution in [3.63, 3.8) is 0 Å². The summed E-state index contributed by atoms with van der Waals surface area (Å²) in [5.41, 5.74) is -0.426. The molecule has 2 aliphatic heterocycles. The number of alkyl halides is 3. The summed E-state index contributed by atoms with van der Waals surface area (Å²) < 4.78 is 39.6. The van der Waals surface area contributed by atoms with Crippen LogP contribution in [0.3, 0.4) is 0 Å². The molecule has 0 spiro atoms. The Hall–Kier alpha value is -3.15. The Morgan fingerprint density at radius 2 is 1.73 bits per heavy atom. The molecule has 0 aliphatic carbocycles. The lowest BCUT2D eigenvalue weighted by molar-refractivity contribution is -0.137. The van der Waals surface area contributed by atoms with Gasteiger partial charge < -0.3 is 14.9 Å². The molecule has 3 aromatic rings. The number of thiazole rings is 1. The summed E-state index contributed by atoms with van der Waals surface area (Å²) in [6, 6.07) is 7.78. The van der Waals surface area contributed by atoms with Gasteiger partial charge in [0, 0.05) is 68.0 Å². The third kappa shape index (κ3) is 5.16. The second-order valence-corrected chi connectivity index (χ2v) is 10.3. The van der Waals surface area contributed by atoms with Gasteiger partial charge in [0.1, 0.15) is 5.75 Å². The Bertz CT molecular complexity index is 1320. The number of aromatic hydroxyl groups is 1. The number of phenols is 1. The van der Waals surface area contributed by atoms with Crippen LogP contribution in [0.5, 0.6) is 5.75 Å². The minimum atomic E-state index is -4.63. The molecule has 0 unspecified atom stereocenters. The van der Waals surface area contributed by atoms with Crippen molar-refractivity contribution in [2.75, 3.05) is 39.3 Å². The Morgan fingerprint density at radius 1 is 1.00 bits per heavy atom.